The van der Waals surface area contributed by atoms with Crippen molar-refractivity contribution in [2.75, 3.05) is 0 Å². The van der Waals surface area contributed by atoms with Crippen LogP contribution in [-0.4, -0.2) is 16.1 Å². The van der Waals surface area contributed by atoms with Crippen molar-refractivity contribution in [3.05, 3.63) is 69.3 Å². The Morgan fingerprint density at radius 2 is 2.00 bits per heavy atom. The first kappa shape index (κ1) is 20.4. The van der Waals surface area contributed by atoms with Gasteiger partial charge in [0.25, 0.3) is 0 Å². The molecule has 140 valence electrons. The van der Waals surface area contributed by atoms with Gasteiger partial charge >= 0.3 is 5.97 Å². The van der Waals surface area contributed by atoms with Gasteiger partial charge in [-0.2, -0.15) is 5.26 Å². The minimum absolute atomic E-state index is 0.109. The summed E-state index contributed by atoms with van der Waals surface area (Å²) < 4.78 is 0. The molecule has 2 rings (SSSR count). The van der Waals surface area contributed by atoms with E-state index in [0.29, 0.717) is 10.6 Å². The highest BCUT2D eigenvalue weighted by atomic mass is 32.1. The van der Waals surface area contributed by atoms with Crippen LogP contribution < -0.4 is 5.32 Å². The number of nitriles is 1. The molecule has 0 saturated heterocycles. The molecule has 1 aromatic heterocycles. The molecule has 0 radical (unpaired) electrons. The van der Waals surface area contributed by atoms with E-state index in [4.69, 9.17) is 10.4 Å². The van der Waals surface area contributed by atoms with Crippen molar-refractivity contribution in [3.63, 3.8) is 0 Å². The molecule has 1 heterocycles. The van der Waals surface area contributed by atoms with Crippen LogP contribution in [0.2, 0.25) is 0 Å². The van der Waals surface area contributed by atoms with Crippen LogP contribution in [0.15, 0.2) is 48.3 Å². The summed E-state index contributed by atoms with van der Waals surface area (Å²) in [7, 11) is 0. The normalized spacial score (nSPS) is 13.4. The Morgan fingerprint density at radius 1 is 1.33 bits per heavy atom. The van der Waals surface area contributed by atoms with Crippen LogP contribution in [0.1, 0.15) is 59.5 Å². The SMILES string of the molecule is C/C(C#N)=C\C(N/C=C/c1ccc(C(C)(C)C)cc1)c1ncc(C(=O)O)s1. The first-order valence-electron chi connectivity index (χ1n) is 8.51. The molecule has 0 saturated carbocycles. The fraction of sp³-hybridized carbons (Fsp3) is 0.286. The number of aromatic carboxylic acids is 1. The van der Waals surface area contributed by atoms with Gasteiger partial charge in [-0.15, -0.1) is 11.3 Å². The largest absolute Gasteiger partial charge is 0.477 e. The van der Waals surface area contributed by atoms with E-state index in [1.165, 1.54) is 11.8 Å². The lowest BCUT2D eigenvalue weighted by Gasteiger charge is -2.18. The van der Waals surface area contributed by atoms with Gasteiger partial charge in [-0.05, 0) is 41.8 Å². The summed E-state index contributed by atoms with van der Waals surface area (Å²) in [5.41, 5.74) is 2.95. The van der Waals surface area contributed by atoms with E-state index in [2.05, 4.69) is 61.4 Å². The summed E-state index contributed by atoms with van der Waals surface area (Å²) in [6, 6.07) is 10.0. The lowest BCUT2D eigenvalue weighted by atomic mass is 9.87. The van der Waals surface area contributed by atoms with Crippen LogP contribution in [0.25, 0.3) is 6.08 Å². The maximum Gasteiger partial charge on any atom is 0.347 e. The van der Waals surface area contributed by atoms with Gasteiger partial charge in [0.2, 0.25) is 0 Å². The van der Waals surface area contributed by atoms with E-state index in [-0.39, 0.29) is 16.3 Å². The third-order valence-electron chi connectivity index (χ3n) is 3.92. The summed E-state index contributed by atoms with van der Waals surface area (Å²) >= 11 is 1.09. The number of carboxylic acid groups (broad SMARTS) is 1. The van der Waals surface area contributed by atoms with Crippen molar-refractivity contribution in [1.82, 2.24) is 10.3 Å². The zero-order chi connectivity index (χ0) is 20.0. The molecule has 0 bridgehead atoms. The summed E-state index contributed by atoms with van der Waals surface area (Å²) in [6.45, 7) is 8.23. The molecule has 27 heavy (non-hydrogen) atoms. The Bertz CT molecular complexity index is 897. The Balaban J connectivity index is 2.17. The average Bonchev–Trinajstić information content (AvgIpc) is 3.10. The number of aromatic nitrogens is 1. The number of rotatable bonds is 6. The standard InChI is InChI=1S/C21H23N3O2S/c1-14(12-22)11-17(19-24-13-18(27-19)20(25)26)23-10-9-15-5-7-16(8-6-15)21(2,3)4/h5-11,13,17,23H,1-4H3,(H,25,26)/b10-9+,14-11+. The minimum atomic E-state index is -1.01. The van der Waals surface area contributed by atoms with Gasteiger partial charge in [-0.25, -0.2) is 9.78 Å². The minimum Gasteiger partial charge on any atom is -0.477 e. The van der Waals surface area contributed by atoms with E-state index in [1.54, 1.807) is 19.2 Å². The van der Waals surface area contributed by atoms with Crippen LogP contribution in [0.5, 0.6) is 0 Å². The van der Waals surface area contributed by atoms with Crippen molar-refractivity contribution >= 4 is 23.4 Å². The second kappa shape index (κ2) is 8.65. The summed E-state index contributed by atoms with van der Waals surface area (Å²) in [4.78, 5) is 15.4. The van der Waals surface area contributed by atoms with Gasteiger partial charge in [0.15, 0.2) is 0 Å². The second-order valence-electron chi connectivity index (χ2n) is 7.18. The number of hydrogen-bond acceptors (Lipinski definition) is 5. The highest BCUT2D eigenvalue weighted by Crippen LogP contribution is 2.24. The predicted octanol–water partition coefficient (Wildman–Crippen LogP) is 4.91. The van der Waals surface area contributed by atoms with Gasteiger partial charge in [0, 0.05) is 5.57 Å². The molecular formula is C21H23N3O2S. The number of benzene rings is 1. The van der Waals surface area contributed by atoms with E-state index in [9.17, 15) is 4.79 Å². The van der Waals surface area contributed by atoms with E-state index in [0.717, 1.165) is 16.9 Å². The number of hydrogen-bond donors (Lipinski definition) is 2. The molecule has 0 spiro atoms. The third kappa shape index (κ3) is 5.80. The monoisotopic (exact) mass is 381 g/mol. The first-order chi connectivity index (χ1) is 12.7. The Labute approximate surface area is 163 Å². The van der Waals surface area contributed by atoms with Crippen molar-refractivity contribution in [2.24, 2.45) is 0 Å². The number of carboxylic acids is 1. The van der Waals surface area contributed by atoms with Crippen LogP contribution in [0, 0.1) is 11.3 Å². The van der Waals surface area contributed by atoms with Gasteiger partial charge < -0.3 is 10.4 Å². The number of allylic oxidation sites excluding steroid dienone is 1. The predicted molar refractivity (Wildman–Crippen MR) is 108 cm³/mol. The second-order valence-corrected chi connectivity index (χ2v) is 8.24. The number of nitrogens with zero attached hydrogens (tertiary/aromatic N) is 2. The van der Waals surface area contributed by atoms with Crippen molar-refractivity contribution in [1.29, 1.82) is 5.26 Å². The van der Waals surface area contributed by atoms with Crippen LogP contribution in [-0.2, 0) is 5.41 Å². The van der Waals surface area contributed by atoms with Crippen molar-refractivity contribution < 1.29 is 9.90 Å². The highest BCUT2D eigenvalue weighted by molar-refractivity contribution is 7.13. The molecule has 0 aliphatic heterocycles. The fourth-order valence-electron chi connectivity index (χ4n) is 2.35. The van der Waals surface area contributed by atoms with E-state index >= 15 is 0 Å². The maximum absolute atomic E-state index is 11.1. The zero-order valence-corrected chi connectivity index (χ0v) is 16.7. The zero-order valence-electron chi connectivity index (χ0n) is 15.9. The summed E-state index contributed by atoms with van der Waals surface area (Å²) in [5, 5.41) is 21.9. The Morgan fingerprint density at radius 3 is 2.52 bits per heavy atom. The molecule has 0 aliphatic rings. The first-order valence-corrected chi connectivity index (χ1v) is 9.33. The molecule has 1 atom stereocenters. The van der Waals surface area contributed by atoms with Crippen molar-refractivity contribution in [2.45, 2.75) is 39.2 Å². The quantitative estimate of drug-likeness (QED) is 0.694. The average molecular weight is 382 g/mol. The lowest BCUT2D eigenvalue weighted by molar-refractivity contribution is 0.0702. The molecule has 6 heteroatoms. The van der Waals surface area contributed by atoms with Gasteiger partial charge in [0.05, 0.1) is 18.3 Å². The van der Waals surface area contributed by atoms with Gasteiger partial charge in [0.1, 0.15) is 9.88 Å². The smallest absolute Gasteiger partial charge is 0.347 e. The molecule has 0 aliphatic carbocycles. The number of thiazole rings is 1. The third-order valence-corrected chi connectivity index (χ3v) is 4.99. The molecule has 5 nitrogen and oxygen atoms in total. The van der Waals surface area contributed by atoms with Crippen LogP contribution in [0.3, 0.4) is 0 Å². The summed E-state index contributed by atoms with van der Waals surface area (Å²) in [6.07, 6.45) is 6.79. The summed E-state index contributed by atoms with van der Waals surface area (Å²) in [5.74, 6) is -1.01. The molecular weight excluding hydrogens is 358 g/mol. The lowest BCUT2D eigenvalue weighted by Crippen LogP contribution is -2.13. The molecule has 1 aromatic carbocycles. The van der Waals surface area contributed by atoms with E-state index < -0.39 is 5.97 Å². The molecule has 0 fully saturated rings. The number of carbonyl (C=O) groups is 1. The maximum atomic E-state index is 11.1. The number of nitrogens with one attached hydrogen (secondary N) is 1. The van der Waals surface area contributed by atoms with Gasteiger partial charge in [-0.3, -0.25) is 0 Å². The van der Waals surface area contributed by atoms with Crippen LogP contribution in [0.4, 0.5) is 0 Å². The van der Waals surface area contributed by atoms with Crippen LogP contribution >= 0.6 is 11.3 Å². The molecule has 2 aromatic rings. The van der Waals surface area contributed by atoms with E-state index in [1.807, 2.05) is 6.08 Å². The molecule has 0 amide bonds. The Kier molecular flexibility index (Phi) is 6.54. The van der Waals surface area contributed by atoms with Crippen molar-refractivity contribution in [3.8, 4) is 6.07 Å². The molecule has 1 unspecified atom stereocenters. The fourth-order valence-corrected chi connectivity index (χ4v) is 3.14. The highest BCUT2D eigenvalue weighted by Gasteiger charge is 2.15. The van der Waals surface area contributed by atoms with Gasteiger partial charge in [-0.1, -0.05) is 45.0 Å². The topological polar surface area (TPSA) is 86.0 Å². The Hall–Kier alpha value is -2.91. The molecule has 2 N–H and O–H groups in total.